The molecule has 1 N–H and O–H groups in total. The van der Waals surface area contributed by atoms with Crippen molar-refractivity contribution in [1.29, 1.82) is 0 Å². The van der Waals surface area contributed by atoms with Gasteiger partial charge in [-0.1, -0.05) is 29.3 Å². The van der Waals surface area contributed by atoms with Crippen molar-refractivity contribution in [1.82, 2.24) is 5.32 Å². The lowest BCUT2D eigenvalue weighted by atomic mass is 9.77. The Morgan fingerprint density at radius 3 is 2.82 bits per heavy atom. The summed E-state index contributed by atoms with van der Waals surface area (Å²) in [6.07, 6.45) is 4.88. The SMILES string of the molecule is CCNC(Cc1cc(F)ccc1Br)C1CCC1. The molecule has 1 aromatic carbocycles. The predicted molar refractivity (Wildman–Crippen MR) is 72.6 cm³/mol. The summed E-state index contributed by atoms with van der Waals surface area (Å²) in [5.41, 5.74) is 1.07. The Morgan fingerprint density at radius 2 is 2.24 bits per heavy atom. The molecule has 1 atom stereocenters. The summed E-state index contributed by atoms with van der Waals surface area (Å²) in [6.45, 7) is 3.11. The van der Waals surface area contributed by atoms with Crippen LogP contribution >= 0.6 is 15.9 Å². The summed E-state index contributed by atoms with van der Waals surface area (Å²) < 4.78 is 14.3. The Morgan fingerprint density at radius 1 is 1.47 bits per heavy atom. The van der Waals surface area contributed by atoms with Crippen LogP contribution in [-0.4, -0.2) is 12.6 Å². The fourth-order valence-electron chi connectivity index (χ4n) is 2.45. The molecular formula is C14H19BrFN. The van der Waals surface area contributed by atoms with Gasteiger partial charge in [-0.05, 0) is 55.5 Å². The fraction of sp³-hybridized carbons (Fsp3) is 0.571. The lowest BCUT2D eigenvalue weighted by Crippen LogP contribution is -2.41. The van der Waals surface area contributed by atoms with Crippen molar-refractivity contribution in [3.8, 4) is 0 Å². The minimum Gasteiger partial charge on any atom is -0.314 e. The zero-order valence-corrected chi connectivity index (χ0v) is 11.8. The van der Waals surface area contributed by atoms with Crippen molar-refractivity contribution in [3.05, 3.63) is 34.1 Å². The van der Waals surface area contributed by atoms with Crippen LogP contribution in [0.3, 0.4) is 0 Å². The molecule has 3 heteroatoms. The van der Waals surface area contributed by atoms with Gasteiger partial charge in [-0.15, -0.1) is 0 Å². The second kappa shape index (κ2) is 5.96. The molecule has 1 unspecified atom stereocenters. The maximum Gasteiger partial charge on any atom is 0.123 e. The second-order valence-corrected chi connectivity index (χ2v) is 5.65. The topological polar surface area (TPSA) is 12.0 Å². The van der Waals surface area contributed by atoms with Crippen LogP contribution in [0.4, 0.5) is 4.39 Å². The second-order valence-electron chi connectivity index (χ2n) is 4.80. The van der Waals surface area contributed by atoms with Crippen molar-refractivity contribution in [2.45, 2.75) is 38.6 Å². The Kier molecular flexibility index (Phi) is 4.57. The molecule has 1 fully saturated rings. The number of hydrogen-bond donors (Lipinski definition) is 1. The molecule has 2 rings (SSSR count). The molecule has 1 aliphatic carbocycles. The molecule has 1 aliphatic rings. The average molecular weight is 300 g/mol. The van der Waals surface area contributed by atoms with E-state index in [-0.39, 0.29) is 5.82 Å². The van der Waals surface area contributed by atoms with E-state index in [0.29, 0.717) is 6.04 Å². The summed E-state index contributed by atoms with van der Waals surface area (Å²) in [4.78, 5) is 0. The third kappa shape index (κ3) is 3.29. The quantitative estimate of drug-likeness (QED) is 0.869. The van der Waals surface area contributed by atoms with E-state index in [4.69, 9.17) is 0 Å². The van der Waals surface area contributed by atoms with Crippen molar-refractivity contribution in [2.75, 3.05) is 6.54 Å². The largest absolute Gasteiger partial charge is 0.314 e. The lowest BCUT2D eigenvalue weighted by molar-refractivity contribution is 0.229. The van der Waals surface area contributed by atoms with Gasteiger partial charge in [0.1, 0.15) is 5.82 Å². The molecule has 0 amide bonds. The number of benzene rings is 1. The van der Waals surface area contributed by atoms with Crippen molar-refractivity contribution in [2.24, 2.45) is 5.92 Å². The third-order valence-corrected chi connectivity index (χ3v) is 4.41. The standard InChI is InChI=1S/C14H19BrFN/c1-2-17-14(10-4-3-5-10)9-11-8-12(16)6-7-13(11)15/h6-8,10,14,17H,2-5,9H2,1H3. The van der Waals surface area contributed by atoms with Crippen molar-refractivity contribution >= 4 is 15.9 Å². The molecule has 94 valence electrons. The zero-order chi connectivity index (χ0) is 12.3. The van der Waals surface area contributed by atoms with Crippen LogP contribution in [0.1, 0.15) is 31.7 Å². The highest BCUT2D eigenvalue weighted by Crippen LogP contribution is 2.32. The number of halogens is 2. The van der Waals surface area contributed by atoms with E-state index < -0.39 is 0 Å². The number of likely N-dealkylation sites (N-methyl/N-ethyl adjacent to an activating group) is 1. The summed E-state index contributed by atoms with van der Waals surface area (Å²) in [6, 6.07) is 5.44. The maximum absolute atomic E-state index is 13.2. The minimum absolute atomic E-state index is 0.146. The van der Waals surface area contributed by atoms with E-state index in [0.717, 1.165) is 28.9 Å². The summed E-state index contributed by atoms with van der Waals surface area (Å²) in [5.74, 6) is 0.622. The van der Waals surface area contributed by atoms with Gasteiger partial charge in [-0.25, -0.2) is 4.39 Å². The van der Waals surface area contributed by atoms with Crippen LogP contribution in [0.15, 0.2) is 22.7 Å². The molecule has 0 heterocycles. The maximum atomic E-state index is 13.2. The highest BCUT2D eigenvalue weighted by atomic mass is 79.9. The Balaban J connectivity index is 2.07. The van der Waals surface area contributed by atoms with Gasteiger partial charge < -0.3 is 5.32 Å². The number of nitrogens with one attached hydrogen (secondary N) is 1. The molecule has 0 bridgehead atoms. The van der Waals surface area contributed by atoms with E-state index >= 15 is 0 Å². The first kappa shape index (κ1) is 13.0. The van der Waals surface area contributed by atoms with Gasteiger partial charge in [0.05, 0.1) is 0 Å². The summed E-state index contributed by atoms with van der Waals surface area (Å²) >= 11 is 3.50. The number of rotatable bonds is 5. The van der Waals surface area contributed by atoms with Gasteiger partial charge in [0, 0.05) is 10.5 Å². The smallest absolute Gasteiger partial charge is 0.123 e. The van der Waals surface area contributed by atoms with Crippen molar-refractivity contribution in [3.63, 3.8) is 0 Å². The molecule has 1 nitrogen and oxygen atoms in total. The van der Waals surface area contributed by atoms with E-state index in [1.165, 1.54) is 25.3 Å². The minimum atomic E-state index is -0.146. The van der Waals surface area contributed by atoms with Crippen LogP contribution in [0.5, 0.6) is 0 Å². The molecule has 0 radical (unpaired) electrons. The molecule has 0 aromatic heterocycles. The van der Waals surface area contributed by atoms with E-state index in [1.54, 1.807) is 12.1 Å². The fourth-order valence-corrected chi connectivity index (χ4v) is 2.86. The van der Waals surface area contributed by atoms with Gasteiger partial charge in [0.25, 0.3) is 0 Å². The molecule has 1 aromatic rings. The number of hydrogen-bond acceptors (Lipinski definition) is 1. The van der Waals surface area contributed by atoms with Gasteiger partial charge in [0.2, 0.25) is 0 Å². The zero-order valence-electron chi connectivity index (χ0n) is 10.2. The first-order chi connectivity index (χ1) is 8.20. The molecule has 1 saturated carbocycles. The third-order valence-electron chi connectivity index (χ3n) is 3.63. The van der Waals surface area contributed by atoms with Crippen LogP contribution in [0.25, 0.3) is 0 Å². The lowest BCUT2D eigenvalue weighted by Gasteiger charge is -2.34. The monoisotopic (exact) mass is 299 g/mol. The van der Waals surface area contributed by atoms with E-state index in [2.05, 4.69) is 28.2 Å². The molecule has 17 heavy (non-hydrogen) atoms. The molecule has 0 spiro atoms. The van der Waals surface area contributed by atoms with Crippen LogP contribution in [-0.2, 0) is 6.42 Å². The normalized spacial score (nSPS) is 17.8. The Hall–Kier alpha value is -0.410. The highest BCUT2D eigenvalue weighted by Gasteiger charge is 2.27. The predicted octanol–water partition coefficient (Wildman–Crippen LogP) is 3.91. The summed E-state index contributed by atoms with van der Waals surface area (Å²) in [5, 5.41) is 3.54. The first-order valence-corrected chi connectivity index (χ1v) is 7.17. The Labute approximate surface area is 111 Å². The molecule has 0 saturated heterocycles. The van der Waals surface area contributed by atoms with Gasteiger partial charge in [-0.2, -0.15) is 0 Å². The highest BCUT2D eigenvalue weighted by molar-refractivity contribution is 9.10. The average Bonchev–Trinajstić information content (AvgIpc) is 2.21. The van der Waals surface area contributed by atoms with E-state index in [9.17, 15) is 4.39 Å². The van der Waals surface area contributed by atoms with Gasteiger partial charge >= 0.3 is 0 Å². The molecular weight excluding hydrogens is 281 g/mol. The van der Waals surface area contributed by atoms with E-state index in [1.807, 2.05) is 0 Å². The van der Waals surface area contributed by atoms with Crippen LogP contribution < -0.4 is 5.32 Å². The van der Waals surface area contributed by atoms with Crippen LogP contribution in [0.2, 0.25) is 0 Å². The Bertz CT molecular complexity index is 376. The van der Waals surface area contributed by atoms with Crippen LogP contribution in [0, 0.1) is 11.7 Å². The first-order valence-electron chi connectivity index (χ1n) is 6.38. The van der Waals surface area contributed by atoms with Crippen molar-refractivity contribution < 1.29 is 4.39 Å². The van der Waals surface area contributed by atoms with Gasteiger partial charge in [0.15, 0.2) is 0 Å². The molecule has 0 aliphatic heterocycles. The summed E-state index contributed by atoms with van der Waals surface area (Å²) in [7, 11) is 0. The van der Waals surface area contributed by atoms with Gasteiger partial charge in [-0.3, -0.25) is 0 Å².